The highest BCUT2D eigenvalue weighted by molar-refractivity contribution is 4.89. The second kappa shape index (κ2) is 3.82. The van der Waals surface area contributed by atoms with Crippen LogP contribution in [0.25, 0.3) is 0 Å². The van der Waals surface area contributed by atoms with Crippen LogP contribution in [0.2, 0.25) is 0 Å². The van der Waals surface area contributed by atoms with Crippen molar-refractivity contribution in [2.24, 2.45) is 11.8 Å². The molecule has 0 amide bonds. The summed E-state index contributed by atoms with van der Waals surface area (Å²) >= 11 is 0. The first-order valence-corrected chi connectivity index (χ1v) is 5.58. The molecule has 1 aliphatic heterocycles. The van der Waals surface area contributed by atoms with Crippen molar-refractivity contribution >= 4 is 0 Å². The maximum absolute atomic E-state index is 5.98. The molecule has 2 heteroatoms. The molecule has 1 rings (SSSR count). The molecule has 84 valence electrons. The molecule has 2 unspecified atom stereocenters. The zero-order valence-electron chi connectivity index (χ0n) is 10.4. The lowest BCUT2D eigenvalue weighted by atomic mass is 9.87. The molecule has 0 aromatic carbocycles. The zero-order valence-corrected chi connectivity index (χ0v) is 10.4. The summed E-state index contributed by atoms with van der Waals surface area (Å²) in [6.07, 6.45) is 0. The van der Waals surface area contributed by atoms with Gasteiger partial charge in [-0.1, -0.05) is 27.7 Å². The van der Waals surface area contributed by atoms with E-state index in [-0.39, 0.29) is 11.2 Å². The molecule has 1 aliphatic rings. The van der Waals surface area contributed by atoms with E-state index in [1.165, 1.54) is 0 Å². The van der Waals surface area contributed by atoms with Crippen molar-refractivity contribution in [1.82, 2.24) is 0 Å². The third-order valence-electron chi connectivity index (χ3n) is 3.82. The van der Waals surface area contributed by atoms with E-state index in [1.54, 1.807) is 0 Å². The van der Waals surface area contributed by atoms with Gasteiger partial charge in [0.2, 0.25) is 0 Å². The van der Waals surface area contributed by atoms with Crippen LogP contribution in [0.3, 0.4) is 0 Å². The summed E-state index contributed by atoms with van der Waals surface area (Å²) in [4.78, 5) is 0. The van der Waals surface area contributed by atoms with Gasteiger partial charge in [-0.25, -0.2) is 0 Å². The molecule has 14 heavy (non-hydrogen) atoms. The number of hydrogen-bond donors (Lipinski definition) is 0. The monoisotopic (exact) mass is 200 g/mol. The van der Waals surface area contributed by atoms with E-state index < -0.39 is 0 Å². The van der Waals surface area contributed by atoms with Crippen molar-refractivity contribution in [2.75, 3.05) is 13.2 Å². The van der Waals surface area contributed by atoms with Gasteiger partial charge in [0, 0.05) is 0 Å². The summed E-state index contributed by atoms with van der Waals surface area (Å²) in [7, 11) is 0. The van der Waals surface area contributed by atoms with Gasteiger partial charge in [-0.2, -0.15) is 0 Å². The van der Waals surface area contributed by atoms with E-state index in [0.717, 1.165) is 0 Å². The van der Waals surface area contributed by atoms with Crippen molar-refractivity contribution in [2.45, 2.75) is 52.7 Å². The third kappa shape index (κ3) is 2.12. The van der Waals surface area contributed by atoms with Crippen molar-refractivity contribution in [1.29, 1.82) is 0 Å². The summed E-state index contributed by atoms with van der Waals surface area (Å²) in [5.74, 6) is 0.999. The van der Waals surface area contributed by atoms with Crippen LogP contribution in [0.5, 0.6) is 0 Å². The van der Waals surface area contributed by atoms with Gasteiger partial charge < -0.3 is 9.47 Å². The largest absolute Gasteiger partial charge is 0.370 e. The number of ether oxygens (including phenoxy) is 2. The first-order chi connectivity index (χ1) is 6.30. The molecule has 0 radical (unpaired) electrons. The van der Waals surface area contributed by atoms with Crippen LogP contribution in [-0.4, -0.2) is 24.4 Å². The molecule has 2 atom stereocenters. The van der Waals surface area contributed by atoms with Gasteiger partial charge in [0.15, 0.2) is 0 Å². The van der Waals surface area contributed by atoms with Gasteiger partial charge in [-0.3, -0.25) is 0 Å². The number of rotatable bonds is 2. The Morgan fingerprint density at radius 2 is 1.07 bits per heavy atom. The minimum absolute atomic E-state index is 0.103. The van der Waals surface area contributed by atoms with Crippen LogP contribution >= 0.6 is 0 Å². The van der Waals surface area contributed by atoms with Crippen molar-refractivity contribution in [3.63, 3.8) is 0 Å². The normalized spacial score (nSPS) is 39.4. The minimum Gasteiger partial charge on any atom is -0.370 e. The average molecular weight is 200 g/mol. The first kappa shape index (κ1) is 12.0. The molecule has 0 aromatic rings. The maximum atomic E-state index is 5.98. The molecule has 2 nitrogen and oxygen atoms in total. The molecular formula is C12H24O2. The van der Waals surface area contributed by atoms with Crippen LogP contribution in [0, 0.1) is 11.8 Å². The zero-order chi connectivity index (χ0) is 11.0. The van der Waals surface area contributed by atoms with Crippen LogP contribution in [-0.2, 0) is 9.47 Å². The highest BCUT2D eigenvalue weighted by Gasteiger charge is 2.42. The second-order valence-electron chi connectivity index (χ2n) is 5.51. The van der Waals surface area contributed by atoms with E-state index in [2.05, 4.69) is 41.5 Å². The molecule has 1 fully saturated rings. The average Bonchev–Trinajstić information content (AvgIpc) is 2.10. The highest BCUT2D eigenvalue weighted by atomic mass is 16.6. The van der Waals surface area contributed by atoms with Crippen molar-refractivity contribution < 1.29 is 9.47 Å². The predicted octanol–water partition coefficient (Wildman–Crippen LogP) is 2.86. The van der Waals surface area contributed by atoms with E-state index >= 15 is 0 Å². The fourth-order valence-corrected chi connectivity index (χ4v) is 1.37. The molecule has 0 saturated carbocycles. The van der Waals surface area contributed by atoms with Gasteiger partial charge >= 0.3 is 0 Å². The van der Waals surface area contributed by atoms with Crippen molar-refractivity contribution in [3.8, 4) is 0 Å². The number of hydrogen-bond acceptors (Lipinski definition) is 2. The lowest BCUT2D eigenvalue weighted by Crippen LogP contribution is -2.55. The standard InChI is InChI=1S/C12H24O2/c1-9(2)11(5)7-14-12(6,8-13-11)10(3)4/h9-10H,7-8H2,1-6H3. The molecule has 0 N–H and O–H groups in total. The smallest absolute Gasteiger partial charge is 0.0911 e. The molecule has 0 bridgehead atoms. The Morgan fingerprint density at radius 1 is 0.786 bits per heavy atom. The van der Waals surface area contributed by atoms with Crippen LogP contribution in [0.4, 0.5) is 0 Å². The van der Waals surface area contributed by atoms with Crippen LogP contribution in [0.1, 0.15) is 41.5 Å². The van der Waals surface area contributed by atoms with Gasteiger partial charge in [-0.05, 0) is 25.7 Å². The van der Waals surface area contributed by atoms with Gasteiger partial charge in [0.25, 0.3) is 0 Å². The topological polar surface area (TPSA) is 18.5 Å². The van der Waals surface area contributed by atoms with E-state index in [0.29, 0.717) is 25.0 Å². The summed E-state index contributed by atoms with van der Waals surface area (Å²) < 4.78 is 12.0. The molecule has 0 aromatic heterocycles. The van der Waals surface area contributed by atoms with Gasteiger partial charge in [-0.15, -0.1) is 0 Å². The first-order valence-electron chi connectivity index (χ1n) is 5.58. The molecule has 1 saturated heterocycles. The molecule has 0 spiro atoms. The Balaban J connectivity index is 2.62. The van der Waals surface area contributed by atoms with E-state index in [1.807, 2.05) is 0 Å². The summed E-state index contributed by atoms with van der Waals surface area (Å²) in [5.41, 5.74) is -0.206. The molecular weight excluding hydrogens is 176 g/mol. The SMILES string of the molecule is CC(C)C1(C)COC(C)(C(C)C)CO1. The van der Waals surface area contributed by atoms with E-state index in [4.69, 9.17) is 9.47 Å². The Labute approximate surface area is 88.0 Å². The maximum Gasteiger partial charge on any atom is 0.0911 e. The molecule has 0 aliphatic carbocycles. The Bertz CT molecular complexity index is 166. The summed E-state index contributed by atoms with van der Waals surface area (Å²) in [6, 6.07) is 0. The summed E-state index contributed by atoms with van der Waals surface area (Å²) in [5, 5.41) is 0. The lowest BCUT2D eigenvalue weighted by molar-refractivity contribution is -0.249. The predicted molar refractivity (Wildman–Crippen MR) is 58.4 cm³/mol. The Hall–Kier alpha value is -0.0800. The van der Waals surface area contributed by atoms with E-state index in [9.17, 15) is 0 Å². The fourth-order valence-electron chi connectivity index (χ4n) is 1.37. The van der Waals surface area contributed by atoms with Gasteiger partial charge in [0.05, 0.1) is 24.4 Å². The fraction of sp³-hybridized carbons (Fsp3) is 1.00. The highest BCUT2D eigenvalue weighted by Crippen LogP contribution is 2.34. The Kier molecular flexibility index (Phi) is 3.27. The molecule has 1 heterocycles. The second-order valence-corrected chi connectivity index (χ2v) is 5.51. The quantitative estimate of drug-likeness (QED) is 0.682. The van der Waals surface area contributed by atoms with Crippen LogP contribution < -0.4 is 0 Å². The van der Waals surface area contributed by atoms with Crippen molar-refractivity contribution in [3.05, 3.63) is 0 Å². The Morgan fingerprint density at radius 3 is 1.21 bits per heavy atom. The lowest BCUT2D eigenvalue weighted by Gasteiger charge is -2.47. The van der Waals surface area contributed by atoms with Gasteiger partial charge in [0.1, 0.15) is 0 Å². The minimum atomic E-state index is -0.103. The third-order valence-corrected chi connectivity index (χ3v) is 3.82. The summed E-state index contributed by atoms with van der Waals surface area (Å²) in [6.45, 7) is 14.4. The van der Waals surface area contributed by atoms with Crippen LogP contribution in [0.15, 0.2) is 0 Å².